The molecule has 112 valence electrons. The highest BCUT2D eigenvalue weighted by Crippen LogP contribution is 2.18. The molecule has 0 fully saturated rings. The minimum Gasteiger partial charge on any atom is -0.344 e. The average molecular weight is 314 g/mol. The molecular weight excluding hydrogens is 301 g/mol. The molecule has 0 aliphatic heterocycles. The van der Waals surface area contributed by atoms with Gasteiger partial charge in [0.2, 0.25) is 0 Å². The summed E-state index contributed by atoms with van der Waals surface area (Å²) in [5.74, 6) is -5.07. The summed E-state index contributed by atoms with van der Waals surface area (Å²) in [4.78, 5) is 16.2. The van der Waals surface area contributed by atoms with Crippen molar-refractivity contribution in [3.05, 3.63) is 51.2 Å². The fourth-order valence-electron chi connectivity index (χ4n) is 1.73. The second-order valence-electron chi connectivity index (χ2n) is 4.47. The van der Waals surface area contributed by atoms with Crippen molar-refractivity contribution in [1.29, 1.82) is 0 Å². The number of aromatic nitrogens is 1. The standard InChI is InChI=1S/C14H13F3N2OS/c1-3-12-19-11(6-21-12)7(2)18-14(20)8-4-9(15)13(17)10(16)5-8/h4-7H,3H2,1-2H3,(H,18,20). The van der Waals surface area contributed by atoms with Crippen LogP contribution in [0.2, 0.25) is 0 Å². The number of carbonyl (C=O) groups is 1. The van der Waals surface area contributed by atoms with Gasteiger partial charge >= 0.3 is 0 Å². The number of aryl methyl sites for hydroxylation is 1. The van der Waals surface area contributed by atoms with Crippen LogP contribution in [0.15, 0.2) is 17.5 Å². The van der Waals surface area contributed by atoms with Gasteiger partial charge in [0.15, 0.2) is 17.5 Å². The van der Waals surface area contributed by atoms with Crippen LogP contribution in [-0.4, -0.2) is 10.9 Å². The molecule has 0 saturated heterocycles. The first-order valence-electron chi connectivity index (χ1n) is 6.32. The SMILES string of the molecule is CCc1nc(C(C)NC(=O)c2cc(F)c(F)c(F)c2)cs1. The first-order valence-corrected chi connectivity index (χ1v) is 7.20. The van der Waals surface area contributed by atoms with Crippen molar-refractivity contribution in [3.8, 4) is 0 Å². The number of nitrogens with zero attached hydrogens (tertiary/aromatic N) is 1. The Hall–Kier alpha value is -1.89. The summed E-state index contributed by atoms with van der Waals surface area (Å²) in [6.07, 6.45) is 0.791. The van der Waals surface area contributed by atoms with Crippen molar-refractivity contribution < 1.29 is 18.0 Å². The van der Waals surface area contributed by atoms with Crippen molar-refractivity contribution >= 4 is 17.2 Å². The summed E-state index contributed by atoms with van der Waals surface area (Å²) in [6.45, 7) is 3.68. The number of amides is 1. The van der Waals surface area contributed by atoms with Gasteiger partial charge in [0, 0.05) is 10.9 Å². The lowest BCUT2D eigenvalue weighted by molar-refractivity contribution is 0.0938. The van der Waals surface area contributed by atoms with E-state index in [1.807, 2.05) is 12.3 Å². The highest BCUT2D eigenvalue weighted by molar-refractivity contribution is 7.09. The van der Waals surface area contributed by atoms with Gasteiger partial charge in [-0.2, -0.15) is 0 Å². The topological polar surface area (TPSA) is 42.0 Å². The first-order chi connectivity index (χ1) is 9.92. The number of carbonyl (C=O) groups excluding carboxylic acids is 1. The first kappa shape index (κ1) is 15.5. The highest BCUT2D eigenvalue weighted by atomic mass is 32.1. The molecule has 1 N–H and O–H groups in total. The molecule has 1 aromatic carbocycles. The Morgan fingerprint density at radius 1 is 1.33 bits per heavy atom. The lowest BCUT2D eigenvalue weighted by atomic mass is 10.1. The summed E-state index contributed by atoms with van der Waals surface area (Å²) < 4.78 is 39.1. The van der Waals surface area contributed by atoms with E-state index < -0.39 is 29.4 Å². The number of benzene rings is 1. The predicted molar refractivity (Wildman–Crippen MR) is 73.7 cm³/mol. The van der Waals surface area contributed by atoms with Crippen LogP contribution < -0.4 is 5.32 Å². The van der Waals surface area contributed by atoms with Gasteiger partial charge in [-0.1, -0.05) is 6.92 Å². The van der Waals surface area contributed by atoms with E-state index in [9.17, 15) is 18.0 Å². The Labute approximate surface area is 123 Å². The van der Waals surface area contributed by atoms with Gasteiger partial charge in [-0.3, -0.25) is 4.79 Å². The molecule has 0 aliphatic carbocycles. The van der Waals surface area contributed by atoms with Gasteiger partial charge in [0.05, 0.1) is 16.7 Å². The van der Waals surface area contributed by atoms with Crippen LogP contribution in [0.4, 0.5) is 13.2 Å². The Balaban J connectivity index is 2.14. The minimum absolute atomic E-state index is 0.274. The lowest BCUT2D eigenvalue weighted by Crippen LogP contribution is -2.27. The number of nitrogens with one attached hydrogen (secondary N) is 1. The van der Waals surface area contributed by atoms with Crippen LogP contribution in [0.1, 0.15) is 40.9 Å². The molecule has 1 heterocycles. The third-order valence-corrected chi connectivity index (χ3v) is 3.92. The monoisotopic (exact) mass is 314 g/mol. The molecule has 7 heteroatoms. The van der Waals surface area contributed by atoms with E-state index >= 15 is 0 Å². The molecule has 0 aliphatic rings. The van der Waals surface area contributed by atoms with Crippen molar-refractivity contribution in [3.63, 3.8) is 0 Å². The van der Waals surface area contributed by atoms with Gasteiger partial charge in [0.25, 0.3) is 5.91 Å². The molecule has 1 unspecified atom stereocenters. The number of hydrogen-bond donors (Lipinski definition) is 1. The molecule has 2 rings (SSSR count). The van der Waals surface area contributed by atoms with Crippen LogP contribution in [0.3, 0.4) is 0 Å². The number of hydrogen-bond acceptors (Lipinski definition) is 3. The molecule has 21 heavy (non-hydrogen) atoms. The molecular formula is C14H13F3N2OS. The fraction of sp³-hybridized carbons (Fsp3) is 0.286. The third-order valence-electron chi connectivity index (χ3n) is 2.91. The molecule has 0 bridgehead atoms. The molecule has 0 radical (unpaired) electrons. The van der Waals surface area contributed by atoms with E-state index in [1.165, 1.54) is 11.3 Å². The quantitative estimate of drug-likeness (QED) is 0.876. The Morgan fingerprint density at radius 2 is 1.95 bits per heavy atom. The zero-order valence-electron chi connectivity index (χ0n) is 11.4. The summed E-state index contributed by atoms with van der Waals surface area (Å²) in [5, 5.41) is 5.32. The lowest BCUT2D eigenvalue weighted by Gasteiger charge is -2.12. The fourth-order valence-corrected chi connectivity index (χ4v) is 2.57. The van der Waals surface area contributed by atoms with Crippen LogP contribution in [0.25, 0.3) is 0 Å². The largest absolute Gasteiger partial charge is 0.344 e. The molecule has 1 atom stereocenters. The minimum atomic E-state index is -1.59. The van der Waals surface area contributed by atoms with E-state index in [1.54, 1.807) is 6.92 Å². The molecule has 1 aromatic heterocycles. The van der Waals surface area contributed by atoms with E-state index in [0.29, 0.717) is 17.8 Å². The van der Waals surface area contributed by atoms with Gasteiger partial charge in [0.1, 0.15) is 0 Å². The van der Waals surface area contributed by atoms with E-state index in [4.69, 9.17) is 0 Å². The Morgan fingerprint density at radius 3 is 2.48 bits per heavy atom. The molecule has 0 saturated carbocycles. The molecule has 1 amide bonds. The smallest absolute Gasteiger partial charge is 0.252 e. The summed E-state index contributed by atoms with van der Waals surface area (Å²) in [6, 6.07) is 0.919. The summed E-state index contributed by atoms with van der Waals surface area (Å²) >= 11 is 1.48. The number of rotatable bonds is 4. The van der Waals surface area contributed by atoms with Gasteiger partial charge in [-0.05, 0) is 25.5 Å². The average Bonchev–Trinajstić information content (AvgIpc) is 2.93. The Bertz CT molecular complexity index is 649. The van der Waals surface area contributed by atoms with E-state index in [0.717, 1.165) is 11.4 Å². The van der Waals surface area contributed by atoms with Gasteiger partial charge < -0.3 is 5.32 Å². The summed E-state index contributed by atoms with van der Waals surface area (Å²) in [7, 11) is 0. The Kier molecular flexibility index (Phi) is 4.62. The number of thiazole rings is 1. The van der Waals surface area contributed by atoms with Crippen molar-refractivity contribution in [1.82, 2.24) is 10.3 Å². The molecule has 0 spiro atoms. The maximum atomic E-state index is 13.1. The van der Waals surface area contributed by atoms with Crippen molar-refractivity contribution in [2.24, 2.45) is 0 Å². The molecule has 2 aromatic rings. The van der Waals surface area contributed by atoms with Crippen molar-refractivity contribution in [2.75, 3.05) is 0 Å². The van der Waals surface area contributed by atoms with E-state index in [2.05, 4.69) is 10.3 Å². The van der Waals surface area contributed by atoms with Crippen LogP contribution >= 0.6 is 11.3 Å². The zero-order valence-corrected chi connectivity index (χ0v) is 12.2. The van der Waals surface area contributed by atoms with Gasteiger partial charge in [-0.25, -0.2) is 18.2 Å². The van der Waals surface area contributed by atoms with Crippen LogP contribution in [-0.2, 0) is 6.42 Å². The maximum Gasteiger partial charge on any atom is 0.252 e. The van der Waals surface area contributed by atoms with Crippen molar-refractivity contribution in [2.45, 2.75) is 26.3 Å². The number of halogens is 3. The highest BCUT2D eigenvalue weighted by Gasteiger charge is 2.18. The summed E-state index contributed by atoms with van der Waals surface area (Å²) in [5.41, 5.74) is 0.400. The normalized spacial score (nSPS) is 12.2. The third kappa shape index (κ3) is 3.41. The van der Waals surface area contributed by atoms with Crippen LogP contribution in [0.5, 0.6) is 0 Å². The predicted octanol–water partition coefficient (Wildman–Crippen LogP) is 3.61. The van der Waals surface area contributed by atoms with E-state index in [-0.39, 0.29) is 5.56 Å². The second kappa shape index (κ2) is 6.26. The second-order valence-corrected chi connectivity index (χ2v) is 5.41. The van der Waals surface area contributed by atoms with Crippen LogP contribution in [0, 0.1) is 17.5 Å². The zero-order chi connectivity index (χ0) is 15.6. The molecule has 3 nitrogen and oxygen atoms in total. The maximum absolute atomic E-state index is 13.1. The van der Waals surface area contributed by atoms with Gasteiger partial charge in [-0.15, -0.1) is 11.3 Å².